The summed E-state index contributed by atoms with van der Waals surface area (Å²) >= 11 is 0. The number of rotatable bonds is 7. The maximum atomic E-state index is 11.9. The van der Waals surface area contributed by atoms with Crippen molar-refractivity contribution in [1.29, 1.82) is 0 Å². The Hall–Kier alpha value is -2.33. The predicted molar refractivity (Wildman–Crippen MR) is 87.6 cm³/mol. The number of aromatic hydroxyl groups is 1. The molecular formula is C18H22N2O2. The molecule has 0 unspecified atom stereocenters. The summed E-state index contributed by atoms with van der Waals surface area (Å²) in [5.74, 6) is 0.130. The number of carbonyl (C=O) groups is 1. The Morgan fingerprint density at radius 1 is 1.00 bits per heavy atom. The van der Waals surface area contributed by atoms with Crippen molar-refractivity contribution in [3.05, 3.63) is 65.7 Å². The summed E-state index contributed by atoms with van der Waals surface area (Å²) in [7, 11) is 0. The standard InChI is InChI=1S/C18H22N2O2/c19-17(11-8-14-4-2-1-3-5-14)18(22)20-13-12-15-6-9-16(21)10-7-15/h1-7,9-10,17,21H,8,11-13,19H2,(H,20,22)/t17-/m0/s1. The van der Waals surface area contributed by atoms with Crippen molar-refractivity contribution in [3.63, 3.8) is 0 Å². The highest BCUT2D eigenvalue weighted by atomic mass is 16.3. The van der Waals surface area contributed by atoms with Gasteiger partial charge in [0.05, 0.1) is 6.04 Å². The number of benzene rings is 2. The van der Waals surface area contributed by atoms with Gasteiger partial charge in [-0.05, 0) is 42.5 Å². The van der Waals surface area contributed by atoms with Gasteiger partial charge in [0.1, 0.15) is 5.75 Å². The fourth-order valence-electron chi connectivity index (χ4n) is 2.22. The van der Waals surface area contributed by atoms with Gasteiger partial charge in [0.15, 0.2) is 0 Å². The summed E-state index contributed by atoms with van der Waals surface area (Å²) in [6.45, 7) is 0.544. The molecule has 0 fully saturated rings. The van der Waals surface area contributed by atoms with Gasteiger partial charge >= 0.3 is 0 Å². The first-order valence-corrected chi connectivity index (χ1v) is 7.50. The topological polar surface area (TPSA) is 75.4 Å². The van der Waals surface area contributed by atoms with Crippen LogP contribution in [0.25, 0.3) is 0 Å². The molecule has 0 aliphatic carbocycles. The molecule has 116 valence electrons. The minimum Gasteiger partial charge on any atom is -0.508 e. The summed E-state index contributed by atoms with van der Waals surface area (Å²) in [6, 6.07) is 16.5. The Balaban J connectivity index is 1.69. The minimum absolute atomic E-state index is 0.116. The second kappa shape index (κ2) is 8.20. The Kier molecular flexibility index (Phi) is 5.98. The van der Waals surface area contributed by atoms with Gasteiger partial charge in [-0.15, -0.1) is 0 Å². The average Bonchev–Trinajstić information content (AvgIpc) is 2.55. The zero-order valence-corrected chi connectivity index (χ0v) is 12.5. The molecule has 4 nitrogen and oxygen atoms in total. The smallest absolute Gasteiger partial charge is 0.236 e. The first kappa shape index (κ1) is 16.0. The minimum atomic E-state index is -0.486. The van der Waals surface area contributed by atoms with Crippen LogP contribution in [-0.2, 0) is 17.6 Å². The molecule has 0 aromatic heterocycles. The van der Waals surface area contributed by atoms with Crippen LogP contribution < -0.4 is 11.1 Å². The van der Waals surface area contributed by atoms with E-state index in [1.54, 1.807) is 12.1 Å². The third-order valence-corrected chi connectivity index (χ3v) is 3.57. The van der Waals surface area contributed by atoms with Crippen molar-refractivity contribution in [2.75, 3.05) is 6.54 Å². The SMILES string of the molecule is N[C@@H](CCc1ccccc1)C(=O)NCCc1ccc(O)cc1. The molecule has 2 rings (SSSR count). The largest absolute Gasteiger partial charge is 0.508 e. The third-order valence-electron chi connectivity index (χ3n) is 3.57. The van der Waals surface area contributed by atoms with E-state index in [2.05, 4.69) is 5.32 Å². The summed E-state index contributed by atoms with van der Waals surface area (Å²) in [5.41, 5.74) is 8.17. The van der Waals surface area contributed by atoms with E-state index in [1.165, 1.54) is 5.56 Å². The second-order valence-electron chi connectivity index (χ2n) is 5.34. The van der Waals surface area contributed by atoms with E-state index in [0.717, 1.165) is 18.4 Å². The third kappa shape index (κ3) is 5.22. The van der Waals surface area contributed by atoms with Gasteiger partial charge in [-0.3, -0.25) is 4.79 Å². The van der Waals surface area contributed by atoms with Crippen molar-refractivity contribution in [3.8, 4) is 5.75 Å². The van der Waals surface area contributed by atoms with E-state index in [0.29, 0.717) is 13.0 Å². The molecule has 1 amide bonds. The highest BCUT2D eigenvalue weighted by molar-refractivity contribution is 5.81. The maximum absolute atomic E-state index is 11.9. The molecular weight excluding hydrogens is 276 g/mol. The lowest BCUT2D eigenvalue weighted by Gasteiger charge is -2.12. The molecule has 0 aliphatic rings. The van der Waals surface area contributed by atoms with Crippen molar-refractivity contribution < 1.29 is 9.90 Å². The van der Waals surface area contributed by atoms with E-state index in [1.807, 2.05) is 42.5 Å². The summed E-state index contributed by atoms with van der Waals surface area (Å²) in [5, 5.41) is 12.1. The van der Waals surface area contributed by atoms with Crippen LogP contribution in [0.1, 0.15) is 17.5 Å². The molecule has 0 saturated carbocycles. The first-order chi connectivity index (χ1) is 10.6. The molecule has 0 bridgehead atoms. The van der Waals surface area contributed by atoms with Crippen LogP contribution in [0.15, 0.2) is 54.6 Å². The van der Waals surface area contributed by atoms with Crippen molar-refractivity contribution >= 4 is 5.91 Å². The van der Waals surface area contributed by atoms with Crippen LogP contribution in [-0.4, -0.2) is 23.6 Å². The predicted octanol–water partition coefficient (Wildman–Crippen LogP) is 2.01. The molecule has 0 radical (unpaired) electrons. The van der Waals surface area contributed by atoms with Crippen LogP contribution >= 0.6 is 0 Å². The molecule has 2 aromatic carbocycles. The highest BCUT2D eigenvalue weighted by Crippen LogP contribution is 2.09. The van der Waals surface area contributed by atoms with Crippen molar-refractivity contribution in [1.82, 2.24) is 5.32 Å². The number of hydrogen-bond acceptors (Lipinski definition) is 3. The Morgan fingerprint density at radius 2 is 1.64 bits per heavy atom. The van der Waals surface area contributed by atoms with Gasteiger partial charge in [0.25, 0.3) is 0 Å². The van der Waals surface area contributed by atoms with E-state index < -0.39 is 6.04 Å². The lowest BCUT2D eigenvalue weighted by atomic mass is 10.1. The zero-order valence-electron chi connectivity index (χ0n) is 12.5. The summed E-state index contributed by atoms with van der Waals surface area (Å²) < 4.78 is 0. The van der Waals surface area contributed by atoms with E-state index in [-0.39, 0.29) is 11.7 Å². The number of phenols is 1. The number of nitrogens with two attached hydrogens (primary N) is 1. The Bertz CT molecular complexity index is 582. The normalized spacial score (nSPS) is 11.9. The lowest BCUT2D eigenvalue weighted by Crippen LogP contribution is -2.41. The molecule has 2 aromatic rings. The fourth-order valence-corrected chi connectivity index (χ4v) is 2.22. The van der Waals surface area contributed by atoms with Gasteiger partial charge in [0, 0.05) is 6.54 Å². The maximum Gasteiger partial charge on any atom is 0.236 e. The molecule has 1 atom stereocenters. The van der Waals surface area contributed by atoms with Gasteiger partial charge < -0.3 is 16.2 Å². The number of amides is 1. The van der Waals surface area contributed by atoms with Gasteiger partial charge in [-0.25, -0.2) is 0 Å². The van der Waals surface area contributed by atoms with E-state index >= 15 is 0 Å². The number of nitrogens with one attached hydrogen (secondary N) is 1. The molecule has 4 heteroatoms. The summed E-state index contributed by atoms with van der Waals surface area (Å²) in [6.07, 6.45) is 2.15. The fraction of sp³-hybridized carbons (Fsp3) is 0.278. The van der Waals surface area contributed by atoms with Crippen LogP contribution in [0.5, 0.6) is 5.75 Å². The Labute approximate surface area is 131 Å². The number of phenolic OH excluding ortho intramolecular Hbond substituents is 1. The monoisotopic (exact) mass is 298 g/mol. The van der Waals surface area contributed by atoms with Crippen LogP contribution in [0.4, 0.5) is 0 Å². The number of hydrogen-bond donors (Lipinski definition) is 3. The van der Waals surface area contributed by atoms with Crippen LogP contribution in [0.3, 0.4) is 0 Å². The number of carbonyl (C=O) groups excluding carboxylic acids is 1. The molecule has 0 saturated heterocycles. The lowest BCUT2D eigenvalue weighted by molar-refractivity contribution is -0.122. The van der Waals surface area contributed by atoms with E-state index in [4.69, 9.17) is 5.73 Å². The van der Waals surface area contributed by atoms with Crippen molar-refractivity contribution in [2.45, 2.75) is 25.3 Å². The zero-order chi connectivity index (χ0) is 15.8. The van der Waals surface area contributed by atoms with Gasteiger partial charge in [-0.1, -0.05) is 42.5 Å². The molecule has 0 heterocycles. The van der Waals surface area contributed by atoms with E-state index in [9.17, 15) is 9.90 Å². The first-order valence-electron chi connectivity index (χ1n) is 7.50. The van der Waals surface area contributed by atoms with Crippen LogP contribution in [0.2, 0.25) is 0 Å². The highest BCUT2D eigenvalue weighted by Gasteiger charge is 2.12. The Morgan fingerprint density at radius 3 is 2.32 bits per heavy atom. The molecule has 0 spiro atoms. The molecule has 0 aliphatic heterocycles. The van der Waals surface area contributed by atoms with Crippen molar-refractivity contribution in [2.24, 2.45) is 5.73 Å². The quantitative estimate of drug-likeness (QED) is 0.732. The molecule has 4 N–H and O–H groups in total. The van der Waals surface area contributed by atoms with Gasteiger partial charge in [0.2, 0.25) is 5.91 Å². The molecule has 22 heavy (non-hydrogen) atoms. The number of aryl methyl sites for hydroxylation is 1. The second-order valence-corrected chi connectivity index (χ2v) is 5.34. The average molecular weight is 298 g/mol. The van der Waals surface area contributed by atoms with Crippen LogP contribution in [0, 0.1) is 0 Å². The van der Waals surface area contributed by atoms with Gasteiger partial charge in [-0.2, -0.15) is 0 Å². The summed E-state index contributed by atoms with van der Waals surface area (Å²) in [4.78, 5) is 11.9.